The molecule has 6 heteroatoms. The molecule has 0 bridgehead atoms. The van der Waals surface area contributed by atoms with Gasteiger partial charge in [0.15, 0.2) is 0 Å². The molecule has 0 fully saturated rings. The van der Waals surface area contributed by atoms with Crippen LogP contribution >= 0.6 is 0 Å². The Morgan fingerprint density at radius 3 is 2.61 bits per heavy atom. The van der Waals surface area contributed by atoms with E-state index in [1.807, 2.05) is 13.8 Å². The number of nitrogens with one attached hydrogen (secondary N) is 1. The molecule has 6 nitrogen and oxygen atoms in total. The Hall–Kier alpha value is -1.53. The minimum atomic E-state index is -0.437. The second-order valence-corrected chi connectivity index (χ2v) is 5.01. The van der Waals surface area contributed by atoms with Crippen molar-refractivity contribution < 1.29 is 10.0 Å². The standard InChI is InChI=1S/C12H19N3O3/c1-8-5-13-10(6-14-12(3,4)7-16)9(2)11(8)15(17)18/h5,14,16H,6-7H2,1-4H3. The van der Waals surface area contributed by atoms with E-state index in [0.29, 0.717) is 23.4 Å². The normalized spacial score (nSPS) is 11.6. The van der Waals surface area contributed by atoms with Gasteiger partial charge in [-0.25, -0.2) is 0 Å². The minimum absolute atomic E-state index is 0.0139. The summed E-state index contributed by atoms with van der Waals surface area (Å²) in [4.78, 5) is 14.8. The highest BCUT2D eigenvalue weighted by Crippen LogP contribution is 2.24. The molecule has 18 heavy (non-hydrogen) atoms. The summed E-state index contributed by atoms with van der Waals surface area (Å²) in [6.45, 7) is 7.45. The number of aryl methyl sites for hydroxylation is 1. The quantitative estimate of drug-likeness (QED) is 0.612. The molecule has 1 aromatic rings. The van der Waals surface area contributed by atoms with E-state index in [-0.39, 0.29) is 17.2 Å². The van der Waals surface area contributed by atoms with Crippen LogP contribution in [-0.2, 0) is 6.54 Å². The molecule has 0 aromatic carbocycles. The first kappa shape index (κ1) is 14.5. The summed E-state index contributed by atoms with van der Waals surface area (Å²) in [5.41, 5.74) is 1.44. The molecule has 1 rings (SSSR count). The van der Waals surface area contributed by atoms with Gasteiger partial charge in [0.1, 0.15) is 0 Å². The molecule has 1 heterocycles. The molecule has 0 atom stereocenters. The van der Waals surface area contributed by atoms with Gasteiger partial charge < -0.3 is 10.4 Å². The topological polar surface area (TPSA) is 88.3 Å². The van der Waals surface area contributed by atoms with Crippen LogP contribution in [-0.4, -0.2) is 27.2 Å². The van der Waals surface area contributed by atoms with E-state index >= 15 is 0 Å². The largest absolute Gasteiger partial charge is 0.394 e. The van der Waals surface area contributed by atoms with Crippen LogP contribution in [0.25, 0.3) is 0 Å². The molecule has 0 aliphatic heterocycles. The first-order chi connectivity index (χ1) is 8.28. The molecule has 0 saturated heterocycles. The number of nitro groups is 1. The van der Waals surface area contributed by atoms with E-state index in [1.165, 1.54) is 6.20 Å². The van der Waals surface area contributed by atoms with Crippen molar-refractivity contribution in [3.05, 3.63) is 33.1 Å². The molecule has 2 N–H and O–H groups in total. The van der Waals surface area contributed by atoms with E-state index < -0.39 is 5.54 Å². The van der Waals surface area contributed by atoms with Crippen molar-refractivity contribution in [2.75, 3.05) is 6.61 Å². The van der Waals surface area contributed by atoms with Gasteiger partial charge in [-0.3, -0.25) is 15.1 Å². The molecule has 0 aliphatic carbocycles. The van der Waals surface area contributed by atoms with Gasteiger partial charge in [-0.05, 0) is 27.7 Å². The zero-order valence-electron chi connectivity index (χ0n) is 11.1. The van der Waals surface area contributed by atoms with E-state index in [1.54, 1.807) is 13.8 Å². The van der Waals surface area contributed by atoms with Crippen LogP contribution in [0.4, 0.5) is 5.69 Å². The third-order valence-corrected chi connectivity index (χ3v) is 2.89. The number of nitrogens with zero attached hydrogens (tertiary/aromatic N) is 2. The third kappa shape index (κ3) is 3.24. The summed E-state index contributed by atoms with van der Waals surface area (Å²) >= 11 is 0. The van der Waals surface area contributed by atoms with Crippen molar-refractivity contribution in [2.45, 2.75) is 39.8 Å². The fraction of sp³-hybridized carbons (Fsp3) is 0.583. The molecule has 1 aromatic heterocycles. The molecule has 0 saturated carbocycles. The van der Waals surface area contributed by atoms with Crippen LogP contribution in [0.3, 0.4) is 0 Å². The second kappa shape index (κ2) is 5.41. The van der Waals surface area contributed by atoms with Gasteiger partial charge >= 0.3 is 0 Å². The van der Waals surface area contributed by atoms with E-state index in [4.69, 9.17) is 5.11 Å². The monoisotopic (exact) mass is 253 g/mol. The van der Waals surface area contributed by atoms with Crippen molar-refractivity contribution in [1.82, 2.24) is 10.3 Å². The molecule has 0 aliphatic rings. The minimum Gasteiger partial charge on any atom is -0.394 e. The highest BCUT2D eigenvalue weighted by atomic mass is 16.6. The predicted octanol–water partition coefficient (Wildman–Crippen LogP) is 1.47. The molecule has 0 amide bonds. The maximum absolute atomic E-state index is 11.0. The lowest BCUT2D eigenvalue weighted by atomic mass is 10.1. The second-order valence-electron chi connectivity index (χ2n) is 5.01. The number of pyridine rings is 1. The summed E-state index contributed by atoms with van der Waals surface area (Å²) < 4.78 is 0. The molecule has 0 unspecified atom stereocenters. The van der Waals surface area contributed by atoms with Crippen molar-refractivity contribution in [1.29, 1.82) is 0 Å². The number of aromatic nitrogens is 1. The number of hydrogen-bond acceptors (Lipinski definition) is 5. The van der Waals surface area contributed by atoms with Crippen LogP contribution in [0.15, 0.2) is 6.20 Å². The molecular weight excluding hydrogens is 234 g/mol. The average Bonchev–Trinajstić information content (AvgIpc) is 2.27. The van der Waals surface area contributed by atoms with Crippen molar-refractivity contribution in [2.24, 2.45) is 0 Å². The summed E-state index contributed by atoms with van der Waals surface area (Å²) in [6.07, 6.45) is 1.51. The highest BCUT2D eigenvalue weighted by Gasteiger charge is 2.21. The highest BCUT2D eigenvalue weighted by molar-refractivity contribution is 5.47. The smallest absolute Gasteiger partial charge is 0.278 e. The van der Waals surface area contributed by atoms with E-state index in [0.717, 1.165) is 0 Å². The van der Waals surface area contributed by atoms with Gasteiger partial charge in [0.05, 0.1) is 17.2 Å². The Labute approximate surface area is 106 Å². The van der Waals surface area contributed by atoms with Crippen LogP contribution in [0, 0.1) is 24.0 Å². The number of aliphatic hydroxyl groups excluding tert-OH is 1. The Kier molecular flexibility index (Phi) is 4.37. The summed E-state index contributed by atoms with van der Waals surface area (Å²) in [6, 6.07) is 0. The van der Waals surface area contributed by atoms with Crippen molar-refractivity contribution >= 4 is 5.69 Å². The summed E-state index contributed by atoms with van der Waals surface area (Å²) in [5.74, 6) is 0. The maximum atomic E-state index is 11.0. The first-order valence-corrected chi connectivity index (χ1v) is 5.74. The predicted molar refractivity (Wildman–Crippen MR) is 68.4 cm³/mol. The fourth-order valence-corrected chi connectivity index (χ4v) is 1.60. The lowest BCUT2D eigenvalue weighted by molar-refractivity contribution is -0.386. The zero-order chi connectivity index (χ0) is 13.9. The lowest BCUT2D eigenvalue weighted by Gasteiger charge is -2.23. The van der Waals surface area contributed by atoms with Gasteiger partial charge in [0.25, 0.3) is 5.69 Å². The number of hydrogen-bond donors (Lipinski definition) is 2. The summed E-state index contributed by atoms with van der Waals surface area (Å²) in [5, 5.41) is 23.2. The lowest BCUT2D eigenvalue weighted by Crippen LogP contribution is -2.42. The van der Waals surface area contributed by atoms with Gasteiger partial charge in [0.2, 0.25) is 0 Å². The average molecular weight is 253 g/mol. The third-order valence-electron chi connectivity index (χ3n) is 2.89. The van der Waals surface area contributed by atoms with Crippen LogP contribution < -0.4 is 5.32 Å². The van der Waals surface area contributed by atoms with E-state index in [9.17, 15) is 10.1 Å². The molecular formula is C12H19N3O3. The van der Waals surface area contributed by atoms with Crippen molar-refractivity contribution in [3.63, 3.8) is 0 Å². The van der Waals surface area contributed by atoms with Gasteiger partial charge in [-0.1, -0.05) is 0 Å². The molecule has 0 radical (unpaired) electrons. The first-order valence-electron chi connectivity index (χ1n) is 5.74. The molecule has 100 valence electrons. The van der Waals surface area contributed by atoms with Gasteiger partial charge in [-0.2, -0.15) is 0 Å². The van der Waals surface area contributed by atoms with Gasteiger partial charge in [0, 0.05) is 29.4 Å². The van der Waals surface area contributed by atoms with Crippen molar-refractivity contribution in [3.8, 4) is 0 Å². The van der Waals surface area contributed by atoms with Crippen LogP contribution in [0.2, 0.25) is 0 Å². The molecule has 0 spiro atoms. The fourth-order valence-electron chi connectivity index (χ4n) is 1.60. The summed E-state index contributed by atoms with van der Waals surface area (Å²) in [7, 11) is 0. The number of aliphatic hydroxyl groups is 1. The van der Waals surface area contributed by atoms with E-state index in [2.05, 4.69) is 10.3 Å². The maximum Gasteiger partial charge on any atom is 0.278 e. The Balaban J connectivity index is 2.98. The Bertz CT molecular complexity index is 458. The van der Waals surface area contributed by atoms with Gasteiger partial charge in [-0.15, -0.1) is 0 Å². The SMILES string of the molecule is Cc1cnc(CNC(C)(C)CO)c(C)c1[N+](=O)[O-]. The Morgan fingerprint density at radius 2 is 2.11 bits per heavy atom. The Morgan fingerprint density at radius 1 is 1.50 bits per heavy atom. The number of rotatable bonds is 5. The van der Waals surface area contributed by atoms with Crippen LogP contribution in [0.1, 0.15) is 30.7 Å². The van der Waals surface area contributed by atoms with Crippen LogP contribution in [0.5, 0.6) is 0 Å². The zero-order valence-corrected chi connectivity index (χ0v) is 11.1.